The van der Waals surface area contributed by atoms with E-state index < -0.39 is 6.10 Å². The number of hydrogen-bond acceptors (Lipinski definition) is 3. The summed E-state index contributed by atoms with van der Waals surface area (Å²) in [6, 6.07) is 0. The maximum atomic E-state index is 12.2. The van der Waals surface area contributed by atoms with Crippen LogP contribution in [0.2, 0.25) is 0 Å². The topological polar surface area (TPSA) is 67.2 Å². The molecule has 1 amide bonds. The van der Waals surface area contributed by atoms with Gasteiger partial charge in [0.05, 0.1) is 23.6 Å². The van der Waals surface area contributed by atoms with Gasteiger partial charge in [0.25, 0.3) is 5.91 Å². The van der Waals surface area contributed by atoms with E-state index in [2.05, 4.69) is 24.3 Å². The van der Waals surface area contributed by atoms with E-state index in [0.717, 1.165) is 18.7 Å². The number of carbonyl (C=O) groups is 1. The molecule has 2 N–H and O–H groups in total. The maximum absolute atomic E-state index is 12.2. The van der Waals surface area contributed by atoms with Crippen LogP contribution in [0.15, 0.2) is 6.20 Å². The first-order valence-corrected chi connectivity index (χ1v) is 7.37. The van der Waals surface area contributed by atoms with Crippen LogP contribution < -0.4 is 5.32 Å². The van der Waals surface area contributed by atoms with Crippen LogP contribution >= 0.6 is 0 Å². The molecule has 0 spiro atoms. The average Bonchev–Trinajstić information content (AvgIpc) is 2.77. The summed E-state index contributed by atoms with van der Waals surface area (Å²) in [7, 11) is 0. The van der Waals surface area contributed by atoms with Crippen molar-refractivity contribution in [3.63, 3.8) is 0 Å². The molecule has 1 rings (SSSR count). The third kappa shape index (κ3) is 4.34. The van der Waals surface area contributed by atoms with E-state index in [1.54, 1.807) is 6.20 Å². The molecule has 5 heteroatoms. The Labute approximate surface area is 121 Å². The van der Waals surface area contributed by atoms with Crippen LogP contribution in [0.3, 0.4) is 0 Å². The van der Waals surface area contributed by atoms with E-state index in [-0.39, 0.29) is 18.4 Å². The van der Waals surface area contributed by atoms with Gasteiger partial charge in [0.15, 0.2) is 0 Å². The van der Waals surface area contributed by atoms with Gasteiger partial charge in [-0.05, 0) is 18.3 Å². The third-order valence-electron chi connectivity index (χ3n) is 3.31. The smallest absolute Gasteiger partial charge is 0.254 e. The Hall–Kier alpha value is -1.36. The van der Waals surface area contributed by atoms with Crippen molar-refractivity contribution in [2.75, 3.05) is 6.54 Å². The standard InChI is InChI=1S/C15H27N3O2/c1-6-13-12(7-17-18(13)9-10(2)3)15(20)16-8-14(19)11(4)5/h7,10-11,14,19H,6,8-9H2,1-5H3,(H,16,20). The molecule has 1 unspecified atom stereocenters. The van der Waals surface area contributed by atoms with E-state index >= 15 is 0 Å². The molecule has 5 nitrogen and oxygen atoms in total. The quantitative estimate of drug-likeness (QED) is 0.801. The Morgan fingerprint density at radius 1 is 1.40 bits per heavy atom. The molecule has 0 aliphatic rings. The Morgan fingerprint density at radius 2 is 2.05 bits per heavy atom. The molecule has 1 atom stereocenters. The lowest BCUT2D eigenvalue weighted by atomic mass is 10.1. The first-order valence-electron chi connectivity index (χ1n) is 7.37. The van der Waals surface area contributed by atoms with Crippen LogP contribution in [-0.4, -0.2) is 33.4 Å². The van der Waals surface area contributed by atoms with Gasteiger partial charge in [-0.25, -0.2) is 0 Å². The van der Waals surface area contributed by atoms with Gasteiger partial charge in [0.1, 0.15) is 0 Å². The van der Waals surface area contributed by atoms with Crippen LogP contribution in [0.25, 0.3) is 0 Å². The average molecular weight is 281 g/mol. The van der Waals surface area contributed by atoms with Crippen molar-refractivity contribution in [2.45, 2.75) is 53.7 Å². The summed E-state index contributed by atoms with van der Waals surface area (Å²) in [5, 5.41) is 16.8. The van der Waals surface area contributed by atoms with Gasteiger partial charge in [-0.2, -0.15) is 5.10 Å². The summed E-state index contributed by atoms with van der Waals surface area (Å²) < 4.78 is 1.90. The normalized spacial score (nSPS) is 13.0. The number of rotatable bonds is 7. The summed E-state index contributed by atoms with van der Waals surface area (Å²) >= 11 is 0. The minimum absolute atomic E-state index is 0.129. The van der Waals surface area contributed by atoms with Crippen LogP contribution in [0.4, 0.5) is 0 Å². The largest absolute Gasteiger partial charge is 0.391 e. The molecule has 20 heavy (non-hydrogen) atoms. The first kappa shape index (κ1) is 16.7. The molecule has 0 aromatic carbocycles. The van der Waals surface area contributed by atoms with Gasteiger partial charge in [0, 0.05) is 13.1 Å². The molecule has 0 radical (unpaired) electrons. The fraction of sp³-hybridized carbons (Fsp3) is 0.733. The second-order valence-electron chi connectivity index (χ2n) is 5.96. The van der Waals surface area contributed by atoms with Crippen LogP contribution in [-0.2, 0) is 13.0 Å². The van der Waals surface area contributed by atoms with Crippen LogP contribution in [0.5, 0.6) is 0 Å². The van der Waals surface area contributed by atoms with Gasteiger partial charge in [0.2, 0.25) is 0 Å². The molecule has 0 aliphatic heterocycles. The zero-order valence-corrected chi connectivity index (χ0v) is 13.2. The van der Waals surface area contributed by atoms with E-state index in [4.69, 9.17) is 0 Å². The van der Waals surface area contributed by atoms with Gasteiger partial charge in [-0.15, -0.1) is 0 Å². The predicted molar refractivity (Wildman–Crippen MR) is 79.6 cm³/mol. The third-order valence-corrected chi connectivity index (χ3v) is 3.31. The molecular weight excluding hydrogens is 254 g/mol. The predicted octanol–water partition coefficient (Wildman–Crippen LogP) is 1.85. The van der Waals surface area contributed by atoms with E-state index in [1.807, 2.05) is 25.5 Å². The summed E-state index contributed by atoms with van der Waals surface area (Å²) in [6.07, 6.45) is 1.87. The van der Waals surface area contributed by atoms with Gasteiger partial charge in [-0.1, -0.05) is 34.6 Å². The second-order valence-corrected chi connectivity index (χ2v) is 5.96. The fourth-order valence-electron chi connectivity index (χ4n) is 2.00. The molecule has 0 aliphatic carbocycles. The highest BCUT2D eigenvalue weighted by Crippen LogP contribution is 2.12. The minimum atomic E-state index is -0.519. The maximum Gasteiger partial charge on any atom is 0.254 e. The summed E-state index contributed by atoms with van der Waals surface area (Å²) in [5.74, 6) is 0.458. The fourth-order valence-corrected chi connectivity index (χ4v) is 2.00. The van der Waals surface area contributed by atoms with Crippen molar-refractivity contribution < 1.29 is 9.90 Å². The number of nitrogens with zero attached hydrogens (tertiary/aromatic N) is 2. The number of nitrogens with one attached hydrogen (secondary N) is 1. The SMILES string of the molecule is CCc1c(C(=O)NCC(O)C(C)C)cnn1CC(C)C. The van der Waals surface area contributed by atoms with Crippen molar-refractivity contribution >= 4 is 5.91 Å². The lowest BCUT2D eigenvalue weighted by Gasteiger charge is -2.15. The molecule has 0 fully saturated rings. The summed E-state index contributed by atoms with van der Waals surface area (Å²) in [4.78, 5) is 12.2. The Balaban J connectivity index is 2.75. The lowest BCUT2D eigenvalue weighted by Crippen LogP contribution is -2.35. The minimum Gasteiger partial charge on any atom is -0.391 e. The summed E-state index contributed by atoms with van der Waals surface area (Å²) in [6.45, 7) is 11.2. The molecular formula is C15H27N3O2. The molecule has 0 bridgehead atoms. The Morgan fingerprint density at radius 3 is 2.55 bits per heavy atom. The van der Waals surface area contributed by atoms with Crippen LogP contribution in [0.1, 0.15) is 50.7 Å². The number of hydrogen-bond donors (Lipinski definition) is 2. The Bertz CT molecular complexity index is 438. The highest BCUT2D eigenvalue weighted by atomic mass is 16.3. The number of aliphatic hydroxyl groups is 1. The van der Waals surface area contributed by atoms with Gasteiger partial charge >= 0.3 is 0 Å². The molecule has 0 saturated carbocycles. The van der Waals surface area contributed by atoms with Crippen molar-refractivity contribution in [1.29, 1.82) is 0 Å². The first-order chi connectivity index (χ1) is 9.36. The Kier molecular flexibility index (Phi) is 6.20. The molecule has 1 aromatic heterocycles. The highest BCUT2D eigenvalue weighted by Gasteiger charge is 2.18. The van der Waals surface area contributed by atoms with Crippen molar-refractivity contribution in [3.8, 4) is 0 Å². The van der Waals surface area contributed by atoms with E-state index in [9.17, 15) is 9.90 Å². The second kappa shape index (κ2) is 7.43. The number of aromatic nitrogens is 2. The highest BCUT2D eigenvalue weighted by molar-refractivity contribution is 5.95. The van der Waals surface area contributed by atoms with Crippen molar-refractivity contribution in [2.24, 2.45) is 11.8 Å². The van der Waals surface area contributed by atoms with E-state index in [0.29, 0.717) is 11.5 Å². The lowest BCUT2D eigenvalue weighted by molar-refractivity contribution is 0.0870. The van der Waals surface area contributed by atoms with E-state index in [1.165, 1.54) is 0 Å². The molecule has 1 heterocycles. The number of amides is 1. The van der Waals surface area contributed by atoms with Gasteiger partial charge < -0.3 is 10.4 Å². The van der Waals surface area contributed by atoms with Crippen LogP contribution in [0, 0.1) is 11.8 Å². The monoisotopic (exact) mass is 281 g/mol. The molecule has 114 valence electrons. The molecule has 1 aromatic rings. The van der Waals surface area contributed by atoms with Crippen molar-refractivity contribution in [1.82, 2.24) is 15.1 Å². The summed E-state index contributed by atoms with van der Waals surface area (Å²) in [5.41, 5.74) is 1.57. The zero-order valence-electron chi connectivity index (χ0n) is 13.2. The van der Waals surface area contributed by atoms with Crippen molar-refractivity contribution in [3.05, 3.63) is 17.5 Å². The molecule has 0 saturated heterocycles. The number of aliphatic hydroxyl groups excluding tert-OH is 1. The van der Waals surface area contributed by atoms with Gasteiger partial charge in [-0.3, -0.25) is 9.48 Å². The number of carbonyl (C=O) groups excluding carboxylic acids is 1. The zero-order chi connectivity index (χ0) is 15.3.